The van der Waals surface area contributed by atoms with E-state index in [9.17, 15) is 30.0 Å². The molecule has 2 aliphatic heterocycles. The van der Waals surface area contributed by atoms with E-state index in [-0.39, 0.29) is 34.4 Å². The van der Waals surface area contributed by atoms with Gasteiger partial charge in [0, 0.05) is 29.6 Å². The molecule has 0 unspecified atom stereocenters. The van der Waals surface area contributed by atoms with E-state index in [1.54, 1.807) is 26.8 Å². The maximum atomic E-state index is 13.1. The van der Waals surface area contributed by atoms with Crippen molar-refractivity contribution in [3.8, 4) is 11.5 Å². The van der Waals surface area contributed by atoms with E-state index in [2.05, 4.69) is 0 Å². The molecule has 3 atom stereocenters. The number of benzene rings is 1. The lowest BCUT2D eigenvalue weighted by molar-refractivity contribution is -0.141. The highest BCUT2D eigenvalue weighted by molar-refractivity contribution is 6.06. The predicted molar refractivity (Wildman–Crippen MR) is 108 cm³/mol. The summed E-state index contributed by atoms with van der Waals surface area (Å²) in [6, 6.07) is 0. The molecule has 31 heavy (non-hydrogen) atoms. The summed E-state index contributed by atoms with van der Waals surface area (Å²) >= 11 is 0. The van der Waals surface area contributed by atoms with Crippen LogP contribution < -0.4 is 0 Å². The van der Waals surface area contributed by atoms with Crippen LogP contribution in [0.5, 0.6) is 11.5 Å². The molecule has 0 amide bonds. The minimum absolute atomic E-state index is 0.0253. The summed E-state index contributed by atoms with van der Waals surface area (Å²) in [4.78, 5) is 25.6. The third kappa shape index (κ3) is 3.05. The molecule has 8 heteroatoms. The summed E-state index contributed by atoms with van der Waals surface area (Å²) in [7, 11) is 0. The number of aromatic hydroxyl groups is 2. The van der Waals surface area contributed by atoms with E-state index < -0.39 is 35.3 Å². The fraction of sp³-hybridized carbons (Fsp3) is 0.391. The molecule has 4 N–H and O–H groups in total. The molecule has 2 heterocycles. The molecule has 0 aromatic heterocycles. The van der Waals surface area contributed by atoms with Crippen molar-refractivity contribution in [3.63, 3.8) is 0 Å². The molecular formula is C23H24O8. The van der Waals surface area contributed by atoms with E-state index in [0.717, 1.165) is 0 Å². The van der Waals surface area contributed by atoms with Crippen LogP contribution in [0.3, 0.4) is 0 Å². The van der Waals surface area contributed by atoms with Crippen LogP contribution in [-0.2, 0) is 27.1 Å². The number of hydrogen-bond donors (Lipinski definition) is 4. The largest absolute Gasteiger partial charge is 0.507 e. The lowest BCUT2D eigenvalue weighted by atomic mass is 9.73. The first-order valence-corrected chi connectivity index (χ1v) is 9.96. The van der Waals surface area contributed by atoms with Gasteiger partial charge < -0.3 is 29.9 Å². The minimum Gasteiger partial charge on any atom is -0.507 e. The van der Waals surface area contributed by atoms with E-state index >= 15 is 0 Å². The summed E-state index contributed by atoms with van der Waals surface area (Å²) in [5, 5.41) is 42.9. The molecule has 0 radical (unpaired) electrons. The van der Waals surface area contributed by atoms with Gasteiger partial charge in [0.15, 0.2) is 11.4 Å². The third-order valence-electron chi connectivity index (χ3n) is 6.19. The Morgan fingerprint density at radius 2 is 1.87 bits per heavy atom. The van der Waals surface area contributed by atoms with Crippen LogP contribution in [0.15, 0.2) is 34.8 Å². The second kappa shape index (κ2) is 6.96. The molecule has 4 rings (SSSR count). The SMILES string of the molecule is CC1=CC2=C(Cc3c(O)c(C)c4c(c3O)C(=O)O[C@@H](C)C4)C(=O)[C@](C)(O)[C@@H](O)C2=CO1. The van der Waals surface area contributed by atoms with Gasteiger partial charge >= 0.3 is 5.97 Å². The molecule has 3 aliphatic rings. The topological polar surface area (TPSA) is 134 Å². The molecule has 0 saturated heterocycles. The first-order valence-electron chi connectivity index (χ1n) is 9.96. The van der Waals surface area contributed by atoms with Crippen LogP contribution >= 0.6 is 0 Å². The number of hydrogen-bond acceptors (Lipinski definition) is 8. The van der Waals surface area contributed by atoms with Gasteiger partial charge in [0.05, 0.1) is 6.26 Å². The van der Waals surface area contributed by atoms with Gasteiger partial charge in [-0.1, -0.05) is 0 Å². The number of ether oxygens (including phenoxy) is 2. The average Bonchev–Trinajstić information content (AvgIpc) is 2.70. The highest BCUT2D eigenvalue weighted by Gasteiger charge is 2.48. The second-order valence-electron chi connectivity index (χ2n) is 8.47. The van der Waals surface area contributed by atoms with Crippen LogP contribution in [0.2, 0.25) is 0 Å². The Kier molecular flexibility index (Phi) is 4.75. The number of aliphatic hydroxyl groups excluding tert-OH is 1. The molecule has 164 valence electrons. The first-order chi connectivity index (χ1) is 14.4. The normalized spacial score (nSPS) is 27.7. The van der Waals surface area contributed by atoms with Crippen molar-refractivity contribution >= 4 is 11.8 Å². The molecule has 0 saturated carbocycles. The standard InChI is InChI=1S/C23H24O8/c1-9-5-13-14(20(26)23(4,29)21(27)16(13)8-30-9)7-15-18(24)11(3)12-6-10(2)31-22(28)17(12)19(15)25/h5,8,10,21,24-25,27,29H,6-7H2,1-4H3/t10-,21-,23-/m0/s1. The van der Waals surface area contributed by atoms with Crippen LogP contribution in [0.1, 0.15) is 47.8 Å². The summed E-state index contributed by atoms with van der Waals surface area (Å²) in [5.41, 5.74) is -0.629. The number of phenolic OH excluding ortho intramolecular Hbond substituents is 2. The summed E-state index contributed by atoms with van der Waals surface area (Å²) < 4.78 is 10.6. The number of fused-ring (bicyclic) bond motifs is 2. The molecule has 1 aromatic carbocycles. The van der Waals surface area contributed by atoms with Gasteiger partial charge in [-0.05, 0) is 50.5 Å². The van der Waals surface area contributed by atoms with Gasteiger partial charge in [-0.2, -0.15) is 0 Å². The number of rotatable bonds is 2. The van der Waals surface area contributed by atoms with Gasteiger partial charge in [-0.15, -0.1) is 0 Å². The van der Waals surface area contributed by atoms with Crippen LogP contribution in [0.4, 0.5) is 0 Å². The maximum Gasteiger partial charge on any atom is 0.342 e. The molecule has 0 spiro atoms. The lowest BCUT2D eigenvalue weighted by Crippen LogP contribution is -2.52. The highest BCUT2D eigenvalue weighted by Crippen LogP contribution is 2.45. The number of Topliss-reactive ketones (excluding diaryl/α,β-unsaturated/α-hetero) is 1. The number of ketones is 1. The predicted octanol–water partition coefficient (Wildman–Crippen LogP) is 1.86. The number of carbonyl (C=O) groups is 2. The van der Waals surface area contributed by atoms with Crippen molar-refractivity contribution in [3.05, 3.63) is 57.1 Å². The lowest BCUT2D eigenvalue weighted by Gasteiger charge is -2.37. The summed E-state index contributed by atoms with van der Waals surface area (Å²) in [6.07, 6.45) is 0.990. The highest BCUT2D eigenvalue weighted by atomic mass is 16.5. The number of allylic oxidation sites excluding steroid dienone is 2. The minimum atomic E-state index is -2.13. The Morgan fingerprint density at radius 1 is 1.19 bits per heavy atom. The molecule has 1 aliphatic carbocycles. The fourth-order valence-electron chi connectivity index (χ4n) is 4.40. The van der Waals surface area contributed by atoms with E-state index in [1.807, 2.05) is 0 Å². The fourth-order valence-corrected chi connectivity index (χ4v) is 4.40. The van der Waals surface area contributed by atoms with Crippen molar-refractivity contribution in [1.82, 2.24) is 0 Å². The van der Waals surface area contributed by atoms with Crippen molar-refractivity contribution in [2.24, 2.45) is 0 Å². The van der Waals surface area contributed by atoms with Gasteiger partial charge in [-0.25, -0.2) is 4.79 Å². The van der Waals surface area contributed by atoms with E-state index in [0.29, 0.717) is 28.9 Å². The van der Waals surface area contributed by atoms with E-state index in [4.69, 9.17) is 9.47 Å². The zero-order valence-electron chi connectivity index (χ0n) is 17.6. The van der Waals surface area contributed by atoms with Crippen LogP contribution in [0.25, 0.3) is 0 Å². The molecule has 1 aromatic rings. The number of carbonyl (C=O) groups excluding carboxylic acids is 2. The quantitative estimate of drug-likeness (QED) is 0.525. The molecule has 0 bridgehead atoms. The van der Waals surface area contributed by atoms with Gasteiger partial charge in [0.1, 0.15) is 35.0 Å². The van der Waals surface area contributed by atoms with E-state index in [1.165, 1.54) is 13.2 Å². The zero-order chi connectivity index (χ0) is 22.8. The second-order valence-corrected chi connectivity index (χ2v) is 8.47. The summed E-state index contributed by atoms with van der Waals surface area (Å²) in [6.45, 7) is 6.21. The molecular weight excluding hydrogens is 404 g/mol. The number of esters is 1. The number of cyclic esters (lactones) is 1. The Morgan fingerprint density at radius 3 is 2.55 bits per heavy atom. The van der Waals surface area contributed by atoms with Crippen LogP contribution in [-0.4, -0.2) is 50.0 Å². The number of aliphatic hydroxyl groups is 2. The van der Waals surface area contributed by atoms with Crippen LogP contribution in [0, 0.1) is 6.92 Å². The van der Waals surface area contributed by atoms with Crippen molar-refractivity contribution in [1.29, 1.82) is 0 Å². The number of phenols is 2. The third-order valence-corrected chi connectivity index (χ3v) is 6.19. The smallest absolute Gasteiger partial charge is 0.342 e. The Balaban J connectivity index is 1.92. The van der Waals surface area contributed by atoms with Gasteiger partial charge in [0.2, 0.25) is 0 Å². The van der Waals surface area contributed by atoms with Gasteiger partial charge in [-0.3, -0.25) is 4.79 Å². The van der Waals surface area contributed by atoms with Crippen molar-refractivity contribution in [2.75, 3.05) is 0 Å². The Labute approximate surface area is 178 Å². The van der Waals surface area contributed by atoms with Crippen molar-refractivity contribution < 1.29 is 39.5 Å². The van der Waals surface area contributed by atoms with Crippen molar-refractivity contribution in [2.45, 2.75) is 58.3 Å². The van der Waals surface area contributed by atoms with Gasteiger partial charge in [0.25, 0.3) is 0 Å². The molecule has 8 nitrogen and oxygen atoms in total. The first kappa shape index (κ1) is 21.1. The zero-order valence-corrected chi connectivity index (χ0v) is 17.6. The average molecular weight is 428 g/mol. The summed E-state index contributed by atoms with van der Waals surface area (Å²) in [5.74, 6) is -1.68. The monoisotopic (exact) mass is 428 g/mol. The maximum absolute atomic E-state index is 13.1. The Bertz CT molecular complexity index is 1120. The Hall–Kier alpha value is -3.10. The molecule has 0 fully saturated rings.